The Morgan fingerprint density at radius 2 is 1.61 bits per heavy atom. The summed E-state index contributed by atoms with van der Waals surface area (Å²) in [5.41, 5.74) is 5.39. The molecule has 2 fully saturated rings. The first-order chi connectivity index (χ1) is 17.8. The summed E-state index contributed by atoms with van der Waals surface area (Å²) in [4.78, 5) is 14.7. The maximum absolute atomic E-state index is 5.31. The van der Waals surface area contributed by atoms with Crippen molar-refractivity contribution in [2.45, 2.75) is 31.7 Å². The third-order valence-corrected chi connectivity index (χ3v) is 7.62. The zero-order chi connectivity index (χ0) is 24.3. The quantitative estimate of drug-likeness (QED) is 0.360. The van der Waals surface area contributed by atoms with Crippen molar-refractivity contribution >= 4 is 28.2 Å². The van der Waals surface area contributed by atoms with E-state index < -0.39 is 0 Å². The number of likely N-dealkylation sites (tertiary alicyclic amines) is 1. The van der Waals surface area contributed by atoms with E-state index in [4.69, 9.17) is 9.72 Å². The first-order valence-electron chi connectivity index (χ1n) is 13.0. The van der Waals surface area contributed by atoms with Gasteiger partial charge < -0.3 is 19.9 Å². The molecule has 6 rings (SSSR count). The van der Waals surface area contributed by atoms with Gasteiger partial charge in [0.2, 0.25) is 5.95 Å². The monoisotopic (exact) mass is 479 g/mol. The number of benzene rings is 3. The van der Waals surface area contributed by atoms with Crippen LogP contribution in [-0.2, 0) is 0 Å². The first-order valence-corrected chi connectivity index (χ1v) is 13.0. The summed E-state index contributed by atoms with van der Waals surface area (Å²) in [6.45, 7) is 4.86. The van der Waals surface area contributed by atoms with Crippen molar-refractivity contribution < 1.29 is 4.74 Å². The highest BCUT2D eigenvalue weighted by Gasteiger charge is 2.26. The molecule has 0 atom stereocenters. The summed E-state index contributed by atoms with van der Waals surface area (Å²) in [5.74, 6) is 1.44. The van der Waals surface area contributed by atoms with Gasteiger partial charge in [0.25, 0.3) is 0 Å². The van der Waals surface area contributed by atoms with Gasteiger partial charge in [0.1, 0.15) is 5.75 Å². The van der Waals surface area contributed by atoms with Crippen LogP contribution in [0.2, 0.25) is 0 Å². The van der Waals surface area contributed by atoms with Gasteiger partial charge in [-0.05, 0) is 80.7 Å². The number of aromatic nitrogens is 2. The zero-order valence-electron chi connectivity index (χ0n) is 20.9. The highest BCUT2D eigenvalue weighted by Crippen LogP contribution is 2.30. The Balaban J connectivity index is 1.16. The van der Waals surface area contributed by atoms with E-state index in [0.29, 0.717) is 5.95 Å². The van der Waals surface area contributed by atoms with Gasteiger partial charge >= 0.3 is 0 Å². The zero-order valence-corrected chi connectivity index (χ0v) is 20.9. The van der Waals surface area contributed by atoms with Gasteiger partial charge in [-0.2, -0.15) is 0 Å². The van der Waals surface area contributed by atoms with Crippen LogP contribution in [0.15, 0.2) is 72.9 Å². The molecule has 3 aromatic carbocycles. The Labute approximate surface area is 212 Å². The van der Waals surface area contributed by atoms with Crippen molar-refractivity contribution in [2.24, 2.45) is 0 Å². The first kappa shape index (κ1) is 22.8. The Hall–Kier alpha value is -3.64. The fraction of sp³-hybridized carbons (Fsp3) is 0.333. The van der Waals surface area contributed by atoms with Gasteiger partial charge in [-0.15, -0.1) is 0 Å². The summed E-state index contributed by atoms with van der Waals surface area (Å²) >= 11 is 0. The van der Waals surface area contributed by atoms with Crippen LogP contribution in [0.5, 0.6) is 5.75 Å². The third kappa shape index (κ3) is 4.73. The Morgan fingerprint density at radius 1 is 0.861 bits per heavy atom. The molecule has 0 saturated carbocycles. The predicted molar refractivity (Wildman–Crippen MR) is 147 cm³/mol. The lowest BCUT2D eigenvalue weighted by Crippen LogP contribution is -2.43. The molecule has 1 aromatic heterocycles. The van der Waals surface area contributed by atoms with E-state index in [1.807, 2.05) is 30.5 Å². The second kappa shape index (κ2) is 10.2. The topological polar surface area (TPSA) is 53.5 Å². The molecule has 6 nitrogen and oxygen atoms in total. The summed E-state index contributed by atoms with van der Waals surface area (Å²) in [6, 6.07) is 23.7. The number of hydrogen-bond acceptors (Lipinski definition) is 6. The Kier molecular flexibility index (Phi) is 6.43. The maximum Gasteiger partial charge on any atom is 0.227 e. The van der Waals surface area contributed by atoms with Crippen molar-refractivity contribution in [3.63, 3.8) is 0 Å². The largest absolute Gasteiger partial charge is 0.497 e. The van der Waals surface area contributed by atoms with E-state index in [0.717, 1.165) is 52.6 Å². The molecule has 0 amide bonds. The lowest BCUT2D eigenvalue weighted by atomic mass is 10.0. The van der Waals surface area contributed by atoms with E-state index in [1.165, 1.54) is 44.5 Å². The molecule has 0 aliphatic carbocycles. The van der Waals surface area contributed by atoms with Crippen molar-refractivity contribution in [2.75, 3.05) is 43.5 Å². The van der Waals surface area contributed by atoms with E-state index in [1.54, 1.807) is 7.11 Å². The number of rotatable bonds is 6. The minimum absolute atomic E-state index is 0.600. The number of piperidine rings is 1. The average molecular weight is 480 g/mol. The van der Waals surface area contributed by atoms with Crippen LogP contribution in [0, 0.1) is 0 Å². The minimum Gasteiger partial charge on any atom is -0.497 e. The second-order valence-electron chi connectivity index (χ2n) is 9.80. The molecular formula is C30H33N5O. The van der Waals surface area contributed by atoms with Crippen LogP contribution in [0.1, 0.15) is 25.7 Å². The average Bonchev–Trinajstić information content (AvgIpc) is 3.49. The van der Waals surface area contributed by atoms with Crippen LogP contribution in [0.4, 0.5) is 17.3 Å². The molecule has 0 bridgehead atoms. The van der Waals surface area contributed by atoms with Gasteiger partial charge in [-0.1, -0.05) is 30.3 Å². The number of nitrogens with one attached hydrogen (secondary N) is 1. The number of methoxy groups -OCH3 is 1. The third-order valence-electron chi connectivity index (χ3n) is 7.62. The van der Waals surface area contributed by atoms with Crippen LogP contribution in [0.25, 0.3) is 22.0 Å². The minimum atomic E-state index is 0.600. The molecule has 36 heavy (non-hydrogen) atoms. The van der Waals surface area contributed by atoms with E-state index >= 15 is 0 Å². The van der Waals surface area contributed by atoms with Gasteiger partial charge in [0.05, 0.1) is 12.6 Å². The number of nitrogens with zero attached hydrogens (tertiary/aromatic N) is 4. The lowest BCUT2D eigenvalue weighted by molar-refractivity contribution is 0.208. The molecule has 2 aliphatic heterocycles. The number of anilines is 3. The van der Waals surface area contributed by atoms with Crippen molar-refractivity contribution in [1.82, 2.24) is 14.9 Å². The lowest BCUT2D eigenvalue weighted by Gasteiger charge is -2.37. The summed E-state index contributed by atoms with van der Waals surface area (Å²) in [6.07, 6.45) is 7.16. The van der Waals surface area contributed by atoms with Gasteiger partial charge in [-0.3, -0.25) is 0 Å². The summed E-state index contributed by atoms with van der Waals surface area (Å²) < 4.78 is 5.31. The molecule has 0 radical (unpaired) electrons. The van der Waals surface area contributed by atoms with Crippen LogP contribution in [0.3, 0.4) is 0 Å². The number of ether oxygens (including phenoxy) is 1. The number of hydrogen-bond donors (Lipinski definition) is 1. The fourth-order valence-corrected chi connectivity index (χ4v) is 5.60. The molecule has 0 unspecified atom stereocenters. The summed E-state index contributed by atoms with van der Waals surface area (Å²) in [5, 5.41) is 4.42. The van der Waals surface area contributed by atoms with Gasteiger partial charge in [0, 0.05) is 47.7 Å². The smallest absolute Gasteiger partial charge is 0.227 e. The van der Waals surface area contributed by atoms with E-state index in [2.05, 4.69) is 62.6 Å². The van der Waals surface area contributed by atoms with Gasteiger partial charge in [-0.25, -0.2) is 9.97 Å². The molecule has 3 heterocycles. The Bertz CT molecular complexity index is 1310. The van der Waals surface area contributed by atoms with Crippen LogP contribution >= 0.6 is 0 Å². The Morgan fingerprint density at radius 3 is 2.33 bits per heavy atom. The van der Waals surface area contributed by atoms with Gasteiger partial charge in [0.15, 0.2) is 0 Å². The molecule has 1 N–H and O–H groups in total. The van der Waals surface area contributed by atoms with Crippen LogP contribution in [-0.4, -0.2) is 54.2 Å². The maximum atomic E-state index is 5.31. The molecule has 2 aliphatic rings. The molecular weight excluding hydrogens is 446 g/mol. The SMILES string of the molecule is COc1ccc(-c2cccc3cnc(Nc4ccc(N5CCC(N6CCCC6)CC5)cc4)nc23)cc1. The van der Waals surface area contributed by atoms with Crippen molar-refractivity contribution in [1.29, 1.82) is 0 Å². The molecule has 4 aromatic rings. The molecule has 6 heteroatoms. The summed E-state index contributed by atoms with van der Waals surface area (Å²) in [7, 11) is 1.68. The molecule has 0 spiro atoms. The van der Waals surface area contributed by atoms with E-state index in [9.17, 15) is 0 Å². The second-order valence-corrected chi connectivity index (χ2v) is 9.80. The number of fused-ring (bicyclic) bond motifs is 1. The number of para-hydroxylation sites is 1. The van der Waals surface area contributed by atoms with Crippen molar-refractivity contribution in [3.05, 3.63) is 72.9 Å². The van der Waals surface area contributed by atoms with E-state index in [-0.39, 0.29) is 0 Å². The fourth-order valence-electron chi connectivity index (χ4n) is 5.60. The van der Waals surface area contributed by atoms with Crippen LogP contribution < -0.4 is 15.0 Å². The highest BCUT2D eigenvalue weighted by atomic mass is 16.5. The predicted octanol–water partition coefficient (Wildman–Crippen LogP) is 6.11. The molecule has 184 valence electrons. The highest BCUT2D eigenvalue weighted by molar-refractivity contribution is 5.94. The van der Waals surface area contributed by atoms with Crippen molar-refractivity contribution in [3.8, 4) is 16.9 Å². The standard InChI is InChI=1S/C30H33N5O/c1-36-27-13-7-22(8-14-27)28-6-4-5-23-21-31-30(33-29(23)28)32-24-9-11-25(12-10-24)35-19-15-26(16-20-35)34-17-2-3-18-34/h4-14,21,26H,2-3,15-20H2,1H3,(H,31,32,33). The normalized spacial score (nSPS) is 17.0. The molecule has 2 saturated heterocycles.